The summed E-state index contributed by atoms with van der Waals surface area (Å²) in [6, 6.07) is 0. The van der Waals surface area contributed by atoms with E-state index in [0.717, 1.165) is 24.3 Å². The minimum Gasteiger partial charge on any atom is -0.298 e. The summed E-state index contributed by atoms with van der Waals surface area (Å²) in [5, 5.41) is 4.03. The molecule has 66 valence electrons. The van der Waals surface area contributed by atoms with E-state index in [1.54, 1.807) is 17.1 Å². The van der Waals surface area contributed by atoms with Gasteiger partial charge in [0.25, 0.3) is 0 Å². The molecular weight excluding hydrogens is 172 g/mol. The Bertz CT molecular complexity index is 247. The summed E-state index contributed by atoms with van der Waals surface area (Å²) < 4.78 is 1.80. The molecule has 0 atom stereocenters. The monoisotopic (exact) mass is 184 g/mol. The van der Waals surface area contributed by atoms with Crippen LogP contribution in [0.2, 0.25) is 0 Å². The van der Waals surface area contributed by atoms with Crippen LogP contribution in [0, 0.1) is 0 Å². The second-order valence-corrected chi connectivity index (χ2v) is 3.75. The lowest BCUT2D eigenvalue weighted by molar-refractivity contribution is 0.112. The lowest BCUT2D eigenvalue weighted by atomic mass is 10.4. The van der Waals surface area contributed by atoms with Crippen molar-refractivity contribution in [1.29, 1.82) is 0 Å². The van der Waals surface area contributed by atoms with Crippen molar-refractivity contribution in [2.24, 2.45) is 0 Å². The Morgan fingerprint density at radius 3 is 3.17 bits per heavy atom. The van der Waals surface area contributed by atoms with Gasteiger partial charge in [-0.2, -0.15) is 16.9 Å². The Balaban J connectivity index is 2.36. The van der Waals surface area contributed by atoms with Gasteiger partial charge in [0.2, 0.25) is 0 Å². The number of aldehydes is 1. The first-order valence-electron chi connectivity index (χ1n) is 3.92. The fraction of sp³-hybridized carbons (Fsp3) is 0.500. The highest BCUT2D eigenvalue weighted by molar-refractivity contribution is 7.99. The van der Waals surface area contributed by atoms with Crippen molar-refractivity contribution in [3.63, 3.8) is 0 Å². The Kier molecular flexibility index (Phi) is 3.87. The van der Waals surface area contributed by atoms with E-state index >= 15 is 0 Å². The summed E-state index contributed by atoms with van der Waals surface area (Å²) >= 11 is 1.87. The van der Waals surface area contributed by atoms with Crippen molar-refractivity contribution >= 4 is 18.0 Å². The summed E-state index contributed by atoms with van der Waals surface area (Å²) in [6.45, 7) is 3.01. The molecule has 0 radical (unpaired) electrons. The van der Waals surface area contributed by atoms with Crippen LogP contribution in [0.1, 0.15) is 17.3 Å². The van der Waals surface area contributed by atoms with Crippen molar-refractivity contribution in [3.8, 4) is 0 Å². The first kappa shape index (κ1) is 9.32. The third-order valence-corrected chi connectivity index (χ3v) is 2.34. The van der Waals surface area contributed by atoms with Crippen molar-refractivity contribution in [3.05, 3.63) is 18.0 Å². The molecule has 0 saturated carbocycles. The van der Waals surface area contributed by atoms with E-state index in [-0.39, 0.29) is 0 Å². The summed E-state index contributed by atoms with van der Waals surface area (Å²) in [6.07, 6.45) is 4.17. The Labute approximate surface area is 76.1 Å². The number of thioether (sulfide) groups is 1. The molecule has 1 heterocycles. The first-order valence-corrected chi connectivity index (χ1v) is 5.07. The van der Waals surface area contributed by atoms with Gasteiger partial charge in [-0.05, 0) is 5.75 Å². The van der Waals surface area contributed by atoms with Crippen LogP contribution in [0.4, 0.5) is 0 Å². The molecule has 1 aromatic rings. The third-order valence-electron chi connectivity index (χ3n) is 1.46. The van der Waals surface area contributed by atoms with Crippen LogP contribution in [0.15, 0.2) is 12.4 Å². The van der Waals surface area contributed by atoms with Crippen LogP contribution in [0.3, 0.4) is 0 Å². The van der Waals surface area contributed by atoms with E-state index in [9.17, 15) is 4.79 Å². The van der Waals surface area contributed by atoms with Crippen LogP contribution in [0.5, 0.6) is 0 Å². The van der Waals surface area contributed by atoms with Crippen molar-refractivity contribution in [1.82, 2.24) is 9.78 Å². The highest BCUT2D eigenvalue weighted by Crippen LogP contribution is 2.00. The molecule has 0 N–H and O–H groups in total. The zero-order valence-corrected chi connectivity index (χ0v) is 7.88. The molecule has 4 heteroatoms. The molecule has 1 rings (SSSR count). The third kappa shape index (κ3) is 2.70. The van der Waals surface area contributed by atoms with E-state index in [2.05, 4.69) is 12.0 Å². The van der Waals surface area contributed by atoms with E-state index in [1.165, 1.54) is 0 Å². The number of hydrogen-bond donors (Lipinski definition) is 0. The van der Waals surface area contributed by atoms with Crippen LogP contribution in [0.25, 0.3) is 0 Å². The van der Waals surface area contributed by atoms with Gasteiger partial charge in [0.1, 0.15) is 0 Å². The zero-order chi connectivity index (χ0) is 8.81. The van der Waals surface area contributed by atoms with Gasteiger partial charge in [-0.15, -0.1) is 0 Å². The Morgan fingerprint density at radius 2 is 2.58 bits per heavy atom. The second kappa shape index (κ2) is 4.98. The SMILES string of the molecule is CCSCCn1cc(C=O)cn1. The molecule has 0 aliphatic heterocycles. The predicted molar refractivity (Wildman–Crippen MR) is 50.6 cm³/mol. The van der Waals surface area contributed by atoms with Gasteiger partial charge >= 0.3 is 0 Å². The fourth-order valence-corrected chi connectivity index (χ4v) is 1.47. The second-order valence-electron chi connectivity index (χ2n) is 2.35. The maximum absolute atomic E-state index is 10.3. The lowest BCUT2D eigenvalue weighted by Crippen LogP contribution is -2.00. The van der Waals surface area contributed by atoms with Gasteiger partial charge in [0.15, 0.2) is 6.29 Å². The van der Waals surface area contributed by atoms with Crippen molar-refractivity contribution in [2.45, 2.75) is 13.5 Å². The highest BCUT2D eigenvalue weighted by Gasteiger charge is 1.95. The molecule has 0 bridgehead atoms. The molecule has 1 aromatic heterocycles. The first-order chi connectivity index (χ1) is 5.86. The Morgan fingerprint density at radius 1 is 1.75 bits per heavy atom. The molecule has 0 aliphatic rings. The molecule has 0 spiro atoms. The van der Waals surface area contributed by atoms with E-state index in [4.69, 9.17) is 0 Å². The number of rotatable bonds is 5. The summed E-state index contributed by atoms with van der Waals surface area (Å²) in [4.78, 5) is 10.3. The van der Waals surface area contributed by atoms with Gasteiger partial charge in [0.05, 0.1) is 11.8 Å². The smallest absolute Gasteiger partial charge is 0.153 e. The minimum absolute atomic E-state index is 0.650. The molecule has 0 amide bonds. The van der Waals surface area contributed by atoms with Gasteiger partial charge in [-0.1, -0.05) is 6.92 Å². The van der Waals surface area contributed by atoms with Crippen LogP contribution in [-0.2, 0) is 6.54 Å². The molecule has 0 aromatic carbocycles. The summed E-state index contributed by atoms with van der Waals surface area (Å²) in [5.41, 5.74) is 0.650. The number of aryl methyl sites for hydroxylation is 1. The maximum atomic E-state index is 10.3. The van der Waals surface area contributed by atoms with Gasteiger partial charge in [0, 0.05) is 18.5 Å². The summed E-state index contributed by atoms with van der Waals surface area (Å²) in [7, 11) is 0. The molecule has 0 saturated heterocycles. The number of carbonyl (C=O) groups is 1. The van der Waals surface area contributed by atoms with Crippen molar-refractivity contribution in [2.75, 3.05) is 11.5 Å². The molecule has 0 fully saturated rings. The van der Waals surface area contributed by atoms with Gasteiger partial charge < -0.3 is 0 Å². The number of nitrogens with zero attached hydrogens (tertiary/aromatic N) is 2. The lowest BCUT2D eigenvalue weighted by Gasteiger charge is -1.98. The quantitative estimate of drug-likeness (QED) is 0.513. The average Bonchev–Trinajstić information content (AvgIpc) is 2.53. The average molecular weight is 184 g/mol. The normalized spacial score (nSPS) is 10.1. The van der Waals surface area contributed by atoms with E-state index in [0.29, 0.717) is 5.56 Å². The molecule has 3 nitrogen and oxygen atoms in total. The van der Waals surface area contributed by atoms with E-state index < -0.39 is 0 Å². The topological polar surface area (TPSA) is 34.9 Å². The standard InChI is InChI=1S/C8H12N2OS/c1-2-12-4-3-10-6-8(7-11)5-9-10/h5-7H,2-4H2,1H3. The molecule has 12 heavy (non-hydrogen) atoms. The number of hydrogen-bond acceptors (Lipinski definition) is 3. The molecular formula is C8H12N2OS. The van der Waals surface area contributed by atoms with E-state index in [1.807, 2.05) is 11.8 Å². The minimum atomic E-state index is 0.650. The van der Waals surface area contributed by atoms with Crippen LogP contribution < -0.4 is 0 Å². The highest BCUT2D eigenvalue weighted by atomic mass is 32.2. The fourth-order valence-electron chi connectivity index (χ4n) is 0.865. The molecule has 0 aliphatic carbocycles. The number of aromatic nitrogens is 2. The predicted octanol–water partition coefficient (Wildman–Crippen LogP) is 1.45. The molecule has 0 unspecified atom stereocenters. The van der Waals surface area contributed by atoms with Gasteiger partial charge in [-0.25, -0.2) is 0 Å². The number of carbonyl (C=O) groups excluding carboxylic acids is 1. The van der Waals surface area contributed by atoms with Crippen LogP contribution in [-0.4, -0.2) is 27.6 Å². The maximum Gasteiger partial charge on any atom is 0.153 e. The summed E-state index contributed by atoms with van der Waals surface area (Å²) in [5.74, 6) is 2.18. The van der Waals surface area contributed by atoms with Crippen LogP contribution >= 0.6 is 11.8 Å². The van der Waals surface area contributed by atoms with Crippen molar-refractivity contribution < 1.29 is 4.79 Å². The largest absolute Gasteiger partial charge is 0.298 e. The Hall–Kier alpha value is -0.770. The zero-order valence-electron chi connectivity index (χ0n) is 7.06. The van der Waals surface area contributed by atoms with Gasteiger partial charge in [-0.3, -0.25) is 9.48 Å².